The Balaban J connectivity index is 2.03. The van der Waals surface area contributed by atoms with Gasteiger partial charge < -0.3 is 9.47 Å². The van der Waals surface area contributed by atoms with Crippen molar-refractivity contribution in [2.45, 2.75) is 59.3 Å². The molecule has 0 aliphatic carbocycles. The Labute approximate surface area is 203 Å². The minimum Gasteiger partial charge on any atom is -0.462 e. The Hall–Kier alpha value is -2.78. The molecular formula is C28H37N3O3. The summed E-state index contributed by atoms with van der Waals surface area (Å²) in [5, 5.41) is 9.43. The molecule has 2 aliphatic rings. The molecule has 0 aromatic carbocycles. The van der Waals surface area contributed by atoms with Crippen molar-refractivity contribution < 1.29 is 14.3 Å². The molecule has 3 unspecified atom stereocenters. The van der Waals surface area contributed by atoms with Gasteiger partial charge in [-0.3, -0.25) is 9.98 Å². The number of allylic oxidation sites excluding steroid dienone is 3. The number of carbonyl (C=O) groups excluding carboxylic acids is 1. The molecule has 3 heterocycles. The number of aryl methyl sites for hydroxylation is 1. The summed E-state index contributed by atoms with van der Waals surface area (Å²) in [7, 11) is 0. The van der Waals surface area contributed by atoms with Crippen LogP contribution in [0.3, 0.4) is 0 Å². The highest BCUT2D eigenvalue weighted by Crippen LogP contribution is 2.35. The van der Waals surface area contributed by atoms with Gasteiger partial charge in [-0.05, 0) is 62.9 Å². The summed E-state index contributed by atoms with van der Waals surface area (Å²) in [5.74, 6) is 0.648. The van der Waals surface area contributed by atoms with Gasteiger partial charge in [0.05, 0.1) is 18.2 Å². The highest BCUT2D eigenvalue weighted by atomic mass is 16.5. The van der Waals surface area contributed by atoms with E-state index in [9.17, 15) is 10.1 Å². The maximum absolute atomic E-state index is 12.9. The number of esters is 1. The SMILES string of the molecule is CCC/C=C\c1c(C)ncc(C(=O)OCC)c1C1=CC(CC(CC#N)C2CCOC2)CCN=C1. The van der Waals surface area contributed by atoms with Gasteiger partial charge in [-0.1, -0.05) is 31.6 Å². The summed E-state index contributed by atoms with van der Waals surface area (Å²) in [6.07, 6.45) is 15.4. The van der Waals surface area contributed by atoms with Gasteiger partial charge >= 0.3 is 5.97 Å². The smallest absolute Gasteiger partial charge is 0.340 e. The summed E-state index contributed by atoms with van der Waals surface area (Å²) in [5.41, 5.74) is 4.06. The van der Waals surface area contributed by atoms with Gasteiger partial charge in [-0.25, -0.2) is 4.79 Å². The number of carbonyl (C=O) groups is 1. The van der Waals surface area contributed by atoms with Crippen LogP contribution in [-0.4, -0.2) is 43.5 Å². The van der Waals surface area contributed by atoms with Crippen LogP contribution in [0.25, 0.3) is 11.6 Å². The number of unbranched alkanes of at least 4 members (excludes halogenated alkanes) is 1. The van der Waals surface area contributed by atoms with Gasteiger partial charge in [0.1, 0.15) is 0 Å². The maximum Gasteiger partial charge on any atom is 0.340 e. The molecule has 0 radical (unpaired) electrons. The molecule has 3 rings (SSSR count). The van der Waals surface area contributed by atoms with E-state index in [1.165, 1.54) is 0 Å². The third-order valence-corrected chi connectivity index (χ3v) is 6.70. The third kappa shape index (κ3) is 6.64. The first-order valence-electron chi connectivity index (χ1n) is 12.6. The average Bonchev–Trinajstić information content (AvgIpc) is 3.27. The second-order valence-electron chi connectivity index (χ2n) is 9.15. The van der Waals surface area contributed by atoms with Gasteiger partial charge in [-0.2, -0.15) is 5.26 Å². The number of hydrogen-bond donors (Lipinski definition) is 0. The van der Waals surface area contributed by atoms with Crippen LogP contribution >= 0.6 is 0 Å². The minimum atomic E-state index is -0.365. The zero-order valence-electron chi connectivity index (χ0n) is 20.8. The van der Waals surface area contributed by atoms with Gasteiger partial charge in [0.15, 0.2) is 0 Å². The van der Waals surface area contributed by atoms with Crippen molar-refractivity contribution in [1.82, 2.24) is 4.98 Å². The fourth-order valence-electron chi connectivity index (χ4n) is 4.86. The molecule has 1 aromatic heterocycles. The number of nitrogens with zero attached hydrogens (tertiary/aromatic N) is 3. The van der Waals surface area contributed by atoms with E-state index in [1.54, 1.807) is 6.20 Å². The average molecular weight is 464 g/mol. The standard InChI is InChI=1S/C28H37N3O3/c1-4-6-7-8-25-20(3)31-18-26(28(32)34-5-2)27(25)24-16-21(10-13-30-17-24)15-22(9-12-29)23-11-14-33-19-23/h7-8,16-18,21-23H,4-6,9-11,13-15,19H2,1-3H3/b8-7-. The van der Waals surface area contributed by atoms with Crippen LogP contribution < -0.4 is 0 Å². The van der Waals surface area contributed by atoms with Gasteiger partial charge in [0, 0.05) is 55.4 Å². The second-order valence-corrected chi connectivity index (χ2v) is 9.15. The maximum atomic E-state index is 12.9. The van der Waals surface area contributed by atoms with E-state index < -0.39 is 0 Å². The van der Waals surface area contributed by atoms with Gasteiger partial charge in [-0.15, -0.1) is 0 Å². The van der Waals surface area contributed by atoms with Crippen LogP contribution in [0, 0.1) is 36.0 Å². The highest BCUT2D eigenvalue weighted by molar-refractivity contribution is 6.15. The fourth-order valence-corrected chi connectivity index (χ4v) is 4.86. The molecule has 2 aliphatic heterocycles. The third-order valence-electron chi connectivity index (χ3n) is 6.70. The van der Waals surface area contributed by atoms with Crippen LogP contribution in [0.5, 0.6) is 0 Å². The van der Waals surface area contributed by atoms with Crippen molar-refractivity contribution in [2.75, 3.05) is 26.4 Å². The van der Waals surface area contributed by atoms with E-state index in [1.807, 2.05) is 20.1 Å². The summed E-state index contributed by atoms with van der Waals surface area (Å²) in [6.45, 7) is 8.49. The molecule has 1 fully saturated rings. The summed E-state index contributed by atoms with van der Waals surface area (Å²) in [4.78, 5) is 22.1. The van der Waals surface area contributed by atoms with Crippen molar-refractivity contribution in [3.63, 3.8) is 0 Å². The van der Waals surface area contributed by atoms with Crippen LogP contribution in [0.2, 0.25) is 0 Å². The molecule has 0 N–H and O–H groups in total. The van der Waals surface area contributed by atoms with Crippen molar-refractivity contribution in [3.8, 4) is 6.07 Å². The molecule has 182 valence electrons. The number of aliphatic imine (C=N–C) groups is 1. The highest BCUT2D eigenvalue weighted by Gasteiger charge is 2.29. The lowest BCUT2D eigenvalue weighted by Crippen LogP contribution is -2.18. The Bertz CT molecular complexity index is 968. The molecule has 6 heteroatoms. The molecule has 1 aromatic rings. The topological polar surface area (TPSA) is 84.6 Å². The lowest BCUT2D eigenvalue weighted by Gasteiger charge is -2.24. The Morgan fingerprint density at radius 1 is 1.38 bits per heavy atom. The van der Waals surface area contributed by atoms with Crippen molar-refractivity contribution in [2.24, 2.45) is 22.7 Å². The van der Waals surface area contributed by atoms with Crippen molar-refractivity contribution in [1.29, 1.82) is 5.26 Å². The largest absolute Gasteiger partial charge is 0.462 e. The number of pyridine rings is 1. The van der Waals surface area contributed by atoms with E-state index in [0.717, 1.165) is 74.3 Å². The monoisotopic (exact) mass is 463 g/mol. The van der Waals surface area contributed by atoms with E-state index in [-0.39, 0.29) is 11.9 Å². The Morgan fingerprint density at radius 2 is 2.24 bits per heavy atom. The molecule has 6 nitrogen and oxygen atoms in total. The first kappa shape index (κ1) is 25.8. The van der Waals surface area contributed by atoms with Crippen LogP contribution in [0.1, 0.15) is 79.6 Å². The zero-order chi connectivity index (χ0) is 24.3. The number of nitriles is 1. The number of hydrogen-bond acceptors (Lipinski definition) is 6. The molecule has 0 bridgehead atoms. The van der Waals surface area contributed by atoms with E-state index >= 15 is 0 Å². The fraction of sp³-hybridized carbons (Fsp3) is 0.571. The number of aromatic nitrogens is 1. The molecule has 3 atom stereocenters. The van der Waals surface area contributed by atoms with Crippen molar-refractivity contribution >= 4 is 23.8 Å². The summed E-state index contributed by atoms with van der Waals surface area (Å²) >= 11 is 0. The predicted molar refractivity (Wildman–Crippen MR) is 136 cm³/mol. The molecule has 0 spiro atoms. The van der Waals surface area contributed by atoms with Gasteiger partial charge in [0.2, 0.25) is 0 Å². The minimum absolute atomic E-state index is 0.271. The first-order valence-corrected chi connectivity index (χ1v) is 12.6. The van der Waals surface area contributed by atoms with E-state index in [2.05, 4.69) is 41.2 Å². The lowest BCUT2D eigenvalue weighted by molar-refractivity contribution is 0.0525. The van der Waals surface area contributed by atoms with Gasteiger partial charge in [0.25, 0.3) is 0 Å². The molecule has 0 amide bonds. The quantitative estimate of drug-likeness (QED) is 0.409. The van der Waals surface area contributed by atoms with E-state index in [4.69, 9.17) is 9.47 Å². The number of ether oxygens (including phenoxy) is 2. The normalized spacial score (nSPS) is 21.2. The van der Waals surface area contributed by atoms with Crippen molar-refractivity contribution in [3.05, 3.63) is 40.7 Å². The second kappa shape index (κ2) is 13.2. The predicted octanol–water partition coefficient (Wildman–Crippen LogP) is 5.81. The molecular weight excluding hydrogens is 426 g/mol. The van der Waals surface area contributed by atoms with Crippen LogP contribution in [0.4, 0.5) is 0 Å². The first-order chi connectivity index (χ1) is 16.6. The molecule has 34 heavy (non-hydrogen) atoms. The molecule has 0 saturated carbocycles. The Morgan fingerprint density at radius 3 is 2.94 bits per heavy atom. The summed E-state index contributed by atoms with van der Waals surface area (Å²) in [6, 6.07) is 2.39. The van der Waals surface area contributed by atoms with E-state index in [0.29, 0.717) is 30.4 Å². The Kier molecular flexibility index (Phi) is 10.0. The van der Waals surface area contributed by atoms with Crippen LogP contribution in [-0.2, 0) is 9.47 Å². The lowest BCUT2D eigenvalue weighted by atomic mass is 9.80. The molecule has 1 saturated heterocycles. The summed E-state index contributed by atoms with van der Waals surface area (Å²) < 4.78 is 11.0. The zero-order valence-corrected chi connectivity index (χ0v) is 20.8. The van der Waals surface area contributed by atoms with Crippen LogP contribution in [0.15, 0.2) is 23.3 Å². The number of rotatable bonds is 10.